The molecular weight excluding hydrogens is 730 g/mol. The average molecular weight is 772 g/mol. The minimum absolute atomic E-state index is 0.00826. The molecule has 2 saturated heterocycles. The Labute approximate surface area is 318 Å². The summed E-state index contributed by atoms with van der Waals surface area (Å²) in [4.78, 5) is 51.8. The van der Waals surface area contributed by atoms with E-state index in [0.717, 1.165) is 11.1 Å². The van der Waals surface area contributed by atoms with E-state index in [-0.39, 0.29) is 41.7 Å². The molecule has 0 bridgehead atoms. The molecule has 1 unspecified atom stereocenters. The standard InChI is InChI=1S/C37H42FN11O5S/c1-22-19-39-36(43-33(22)40-25-6-5-7-26(18-25)55(53,54)46-37(2,3)4)41-29-9-10-30(45-44-29)48-14-12-47(13-15-48)20-23-16-24-21-49(35(52)32(24)27(38)17-23)28-8-11-31(50)42-34(28)51/h5-7,9-10,16-19,28,46H,8,11-15,20-21H2,1-4H3,(H,42,50,51)(H2,39,40,41,43,44). The second-order valence-electron chi connectivity index (χ2n) is 14.9. The van der Waals surface area contributed by atoms with Crippen molar-refractivity contribution in [2.45, 2.75) is 70.1 Å². The number of rotatable bonds is 10. The van der Waals surface area contributed by atoms with Gasteiger partial charge in [0.05, 0.1) is 10.5 Å². The number of halogens is 1. The Kier molecular flexibility index (Phi) is 10.2. The molecule has 0 saturated carbocycles. The second kappa shape index (κ2) is 14.9. The van der Waals surface area contributed by atoms with Gasteiger partial charge in [-0.05, 0) is 81.6 Å². The third-order valence-corrected chi connectivity index (χ3v) is 11.2. The van der Waals surface area contributed by atoms with Crippen molar-refractivity contribution >= 4 is 56.8 Å². The lowest BCUT2D eigenvalue weighted by molar-refractivity contribution is -0.136. The van der Waals surface area contributed by atoms with Crippen LogP contribution in [-0.4, -0.2) is 93.9 Å². The normalized spacial score (nSPS) is 18.0. The van der Waals surface area contributed by atoms with Crippen molar-refractivity contribution in [2.24, 2.45) is 0 Å². The van der Waals surface area contributed by atoms with Gasteiger partial charge in [0.25, 0.3) is 5.91 Å². The van der Waals surface area contributed by atoms with Crippen LogP contribution in [0, 0.1) is 12.7 Å². The molecule has 2 aromatic heterocycles. The van der Waals surface area contributed by atoms with Gasteiger partial charge < -0.3 is 20.4 Å². The Morgan fingerprint density at radius 1 is 0.982 bits per heavy atom. The molecule has 55 heavy (non-hydrogen) atoms. The van der Waals surface area contributed by atoms with Crippen LogP contribution in [0.15, 0.2) is 59.6 Å². The van der Waals surface area contributed by atoms with Crippen molar-refractivity contribution in [1.82, 2.24) is 40.0 Å². The number of piperidine rings is 1. The molecular formula is C37H42FN11O5S. The molecule has 1 atom stereocenters. The van der Waals surface area contributed by atoms with Crippen molar-refractivity contribution in [3.63, 3.8) is 0 Å². The fourth-order valence-corrected chi connectivity index (χ4v) is 8.31. The number of benzene rings is 2. The lowest BCUT2D eigenvalue weighted by Gasteiger charge is -2.35. The van der Waals surface area contributed by atoms with E-state index >= 15 is 4.39 Å². The number of nitrogens with zero attached hydrogens (tertiary/aromatic N) is 7. The van der Waals surface area contributed by atoms with Crippen molar-refractivity contribution in [1.29, 1.82) is 0 Å². The zero-order valence-electron chi connectivity index (χ0n) is 30.9. The molecule has 5 heterocycles. The molecule has 16 nitrogen and oxygen atoms in total. The fourth-order valence-electron chi connectivity index (χ4n) is 6.85. The number of fused-ring (bicyclic) bond motifs is 1. The number of imide groups is 1. The first-order chi connectivity index (χ1) is 26.1. The maximum atomic E-state index is 15.2. The van der Waals surface area contributed by atoms with Gasteiger partial charge in [0, 0.05) is 68.7 Å². The van der Waals surface area contributed by atoms with Gasteiger partial charge in [0.2, 0.25) is 27.8 Å². The quantitative estimate of drug-likeness (QED) is 0.172. The number of carbonyl (C=O) groups excluding carboxylic acids is 3. The number of hydrogen-bond donors (Lipinski definition) is 4. The van der Waals surface area contributed by atoms with Gasteiger partial charge in [-0.25, -0.2) is 22.5 Å². The van der Waals surface area contributed by atoms with E-state index in [9.17, 15) is 22.8 Å². The number of amides is 3. The summed E-state index contributed by atoms with van der Waals surface area (Å²) in [5.74, 6) is -0.131. The summed E-state index contributed by atoms with van der Waals surface area (Å²) in [6.45, 7) is 10.5. The number of aryl methyl sites for hydroxylation is 1. The van der Waals surface area contributed by atoms with E-state index in [1.54, 1.807) is 51.2 Å². The fraction of sp³-hybridized carbons (Fsp3) is 0.378. The molecule has 3 amide bonds. The molecule has 4 N–H and O–H groups in total. The SMILES string of the molecule is Cc1cnc(Nc2ccc(N3CCN(Cc4cc(F)c5c(c4)CN(C4CCC(=O)NC4=O)C5=O)CC3)nn2)nc1Nc1cccc(S(=O)(=O)NC(C)(C)C)c1. The van der Waals surface area contributed by atoms with E-state index in [4.69, 9.17) is 0 Å². The van der Waals surface area contributed by atoms with Crippen LogP contribution in [0.1, 0.15) is 60.7 Å². The highest BCUT2D eigenvalue weighted by atomic mass is 32.2. The van der Waals surface area contributed by atoms with Crippen LogP contribution in [0.25, 0.3) is 0 Å². The topological polar surface area (TPSA) is 195 Å². The highest BCUT2D eigenvalue weighted by Crippen LogP contribution is 2.31. The van der Waals surface area contributed by atoms with Gasteiger partial charge in [-0.2, -0.15) is 4.98 Å². The average Bonchev–Trinajstić information content (AvgIpc) is 3.45. The van der Waals surface area contributed by atoms with Gasteiger partial charge in [0.1, 0.15) is 17.7 Å². The highest BCUT2D eigenvalue weighted by Gasteiger charge is 2.40. The maximum Gasteiger partial charge on any atom is 0.258 e. The van der Waals surface area contributed by atoms with Crippen LogP contribution in [-0.2, 0) is 32.7 Å². The van der Waals surface area contributed by atoms with E-state index < -0.39 is 39.2 Å². The molecule has 0 spiro atoms. The number of piperazine rings is 1. The Morgan fingerprint density at radius 3 is 2.47 bits per heavy atom. The zero-order valence-corrected chi connectivity index (χ0v) is 31.7. The Hall–Kier alpha value is -5.59. The van der Waals surface area contributed by atoms with Gasteiger partial charge >= 0.3 is 0 Å². The number of aromatic nitrogens is 4. The first-order valence-electron chi connectivity index (χ1n) is 17.9. The Balaban J connectivity index is 0.933. The first-order valence-corrected chi connectivity index (χ1v) is 19.4. The van der Waals surface area contributed by atoms with E-state index in [0.29, 0.717) is 61.4 Å². The minimum atomic E-state index is -3.73. The van der Waals surface area contributed by atoms with E-state index in [1.165, 1.54) is 17.0 Å². The summed E-state index contributed by atoms with van der Waals surface area (Å²) in [5.41, 5.74) is 1.94. The van der Waals surface area contributed by atoms with Crippen molar-refractivity contribution < 1.29 is 27.2 Å². The van der Waals surface area contributed by atoms with E-state index in [1.807, 2.05) is 19.1 Å². The summed E-state index contributed by atoms with van der Waals surface area (Å²) in [7, 11) is -3.73. The predicted molar refractivity (Wildman–Crippen MR) is 202 cm³/mol. The van der Waals surface area contributed by atoms with Gasteiger partial charge in [0.15, 0.2) is 11.6 Å². The van der Waals surface area contributed by atoms with Crippen LogP contribution < -0.4 is 25.6 Å². The third-order valence-electron chi connectivity index (χ3n) is 9.45. The molecule has 4 aromatic rings. The minimum Gasteiger partial charge on any atom is -0.353 e. The smallest absolute Gasteiger partial charge is 0.258 e. The predicted octanol–water partition coefficient (Wildman–Crippen LogP) is 3.36. The monoisotopic (exact) mass is 771 g/mol. The summed E-state index contributed by atoms with van der Waals surface area (Å²) in [6.07, 6.45) is 2.00. The number of anilines is 5. The molecule has 2 fully saturated rings. The van der Waals surface area contributed by atoms with Crippen molar-refractivity contribution in [3.05, 3.63) is 82.8 Å². The number of nitrogens with one attached hydrogen (secondary N) is 4. The molecule has 2 aromatic carbocycles. The van der Waals surface area contributed by atoms with Crippen LogP contribution in [0.5, 0.6) is 0 Å². The molecule has 7 rings (SSSR count). The second-order valence-corrected chi connectivity index (χ2v) is 16.6. The van der Waals surface area contributed by atoms with E-state index in [2.05, 4.69) is 50.6 Å². The Morgan fingerprint density at radius 2 is 1.76 bits per heavy atom. The molecule has 0 aliphatic carbocycles. The van der Waals surface area contributed by atoms with Crippen LogP contribution in [0.3, 0.4) is 0 Å². The number of carbonyl (C=O) groups is 3. The van der Waals surface area contributed by atoms with Crippen LogP contribution in [0.2, 0.25) is 0 Å². The summed E-state index contributed by atoms with van der Waals surface area (Å²) >= 11 is 0. The number of sulfonamides is 1. The summed E-state index contributed by atoms with van der Waals surface area (Å²) in [6, 6.07) is 12.6. The first kappa shape index (κ1) is 37.7. The van der Waals surface area contributed by atoms with Gasteiger partial charge in [-0.15, -0.1) is 10.2 Å². The third kappa shape index (κ3) is 8.55. The van der Waals surface area contributed by atoms with Crippen molar-refractivity contribution in [2.75, 3.05) is 41.7 Å². The van der Waals surface area contributed by atoms with Gasteiger partial charge in [-0.1, -0.05) is 12.1 Å². The summed E-state index contributed by atoms with van der Waals surface area (Å²) < 4.78 is 43.6. The van der Waals surface area contributed by atoms with Gasteiger partial charge in [-0.3, -0.25) is 24.6 Å². The summed E-state index contributed by atoms with van der Waals surface area (Å²) in [5, 5.41) is 17.3. The largest absolute Gasteiger partial charge is 0.353 e. The molecule has 3 aliphatic rings. The highest BCUT2D eigenvalue weighted by molar-refractivity contribution is 7.89. The lowest BCUT2D eigenvalue weighted by atomic mass is 10.0. The molecule has 3 aliphatic heterocycles. The van der Waals surface area contributed by atoms with Crippen LogP contribution >= 0.6 is 0 Å². The maximum absolute atomic E-state index is 15.2. The zero-order chi connectivity index (χ0) is 39.1. The lowest BCUT2D eigenvalue weighted by Crippen LogP contribution is -2.52. The Bertz CT molecular complexity index is 2260. The molecule has 18 heteroatoms. The molecule has 0 radical (unpaired) electrons. The number of hydrogen-bond acceptors (Lipinski definition) is 13. The van der Waals surface area contributed by atoms with Crippen LogP contribution in [0.4, 0.5) is 33.5 Å². The molecule has 288 valence electrons. The van der Waals surface area contributed by atoms with Crippen molar-refractivity contribution in [3.8, 4) is 0 Å².